The fraction of sp³-hybridized carbons (Fsp3) is 0.490. The molecular weight excluding hydrogens is 1090 g/mol. The molecule has 1 fully saturated rings. The quantitative estimate of drug-likeness (QED) is 0.0250. The summed E-state index contributed by atoms with van der Waals surface area (Å²) in [4.78, 5) is 82.7. The van der Waals surface area contributed by atoms with Gasteiger partial charge >= 0.3 is 15.6 Å². The van der Waals surface area contributed by atoms with Crippen LogP contribution in [0.5, 0.6) is 0 Å². The van der Waals surface area contributed by atoms with E-state index in [1.54, 1.807) is 11.9 Å². The van der Waals surface area contributed by atoms with Gasteiger partial charge in [-0.05, 0) is 89.9 Å². The number of anilines is 3. The standard InChI is InChI=1S/C51H69N10O15P3/c1-7-60-25-14-16-31-26-36-38(28-39(31)60)51(2,3)37-27-32(58(4)5)20-21-35(37)42(36)33-17-10-11-18-34(33)48(65)59(6)24-15-19-41(62)53-22-12-8-9-13-23-54-50-57-43-46(52)55-30-56-47(43)61(50)49-45(64)44(63)40(74-49)29-73-78(69,70)76-79(71,72)75-77(66,67)68/h10-11,17-18,20-21,26-28,30,40,44-45,49,52,63-64H,7-9,12-16,19,22-25,29H2,1-6H3,(H6,53,62,65,66,67,68,69,70,71,72)/t40-,44-,45-,49-/m1/s1. The van der Waals surface area contributed by atoms with Gasteiger partial charge in [0.25, 0.3) is 13.7 Å². The van der Waals surface area contributed by atoms with Crippen LogP contribution in [0, 0.1) is 0 Å². The lowest BCUT2D eigenvalue weighted by atomic mass is 9.68. The van der Waals surface area contributed by atoms with Crippen molar-refractivity contribution in [2.45, 2.75) is 102 Å². The van der Waals surface area contributed by atoms with Crippen molar-refractivity contribution >= 4 is 69.5 Å². The summed E-state index contributed by atoms with van der Waals surface area (Å²) in [6.45, 7) is 8.91. The van der Waals surface area contributed by atoms with E-state index >= 15 is 0 Å². The number of hydrogen-bond donors (Lipinski definition) is 8. The number of amides is 2. The summed E-state index contributed by atoms with van der Waals surface area (Å²) in [6.07, 6.45) is 0.201. The molecule has 25 nitrogen and oxygen atoms in total. The second-order valence-corrected chi connectivity index (χ2v) is 24.9. The van der Waals surface area contributed by atoms with Gasteiger partial charge in [-0.2, -0.15) is 4.31 Å². The van der Waals surface area contributed by atoms with Gasteiger partial charge < -0.3 is 60.7 Å². The van der Waals surface area contributed by atoms with E-state index < -0.39 is 54.6 Å². The zero-order valence-corrected chi connectivity index (χ0v) is 47.5. The number of phosphoric acid groups is 3. The average Bonchev–Trinajstić information content (AvgIpc) is 3.95. The van der Waals surface area contributed by atoms with Gasteiger partial charge in [0.05, 0.1) is 6.61 Å². The van der Waals surface area contributed by atoms with E-state index in [-0.39, 0.29) is 46.6 Å². The first-order valence-electron chi connectivity index (χ1n) is 26.0. The van der Waals surface area contributed by atoms with Crippen LogP contribution in [0.1, 0.15) is 110 Å². The van der Waals surface area contributed by atoms with Crippen molar-refractivity contribution in [3.8, 4) is 0 Å². The summed E-state index contributed by atoms with van der Waals surface area (Å²) in [5.74, 6) is -0.145. The number of rotatable bonds is 24. The fourth-order valence-corrected chi connectivity index (χ4v) is 13.5. The number of carbonyl (C=O) groups is 2. The number of nitrogens with one attached hydrogen (secondary N) is 2. The third-order valence-corrected chi connectivity index (χ3v) is 18.3. The van der Waals surface area contributed by atoms with Crippen molar-refractivity contribution in [3.63, 3.8) is 0 Å². The maximum absolute atomic E-state index is 14.5. The molecule has 1 saturated heterocycles. The van der Waals surface area contributed by atoms with Crippen molar-refractivity contribution in [1.82, 2.24) is 34.3 Å². The number of aryl methyl sites for hydroxylation is 1. The lowest BCUT2D eigenvalue weighted by Crippen LogP contribution is -2.43. The van der Waals surface area contributed by atoms with Crippen LogP contribution in [0.2, 0.25) is 0 Å². The van der Waals surface area contributed by atoms with E-state index in [0.29, 0.717) is 44.5 Å². The Kier molecular flexibility index (Phi) is 18.3. The number of ether oxygens (including phenoxy) is 1. The van der Waals surface area contributed by atoms with Gasteiger partial charge in [0.1, 0.15) is 37.7 Å². The monoisotopic (exact) mass is 1150 g/mol. The number of fused-ring (bicyclic) bond motifs is 4. The maximum atomic E-state index is 14.5. The van der Waals surface area contributed by atoms with Crippen LogP contribution < -0.4 is 41.3 Å². The second-order valence-electron chi connectivity index (χ2n) is 20.5. The summed E-state index contributed by atoms with van der Waals surface area (Å²) in [5, 5.41) is 30.4. The molecule has 0 spiro atoms. The van der Waals surface area contributed by atoms with E-state index in [2.05, 4.69) is 105 Å². The largest absolute Gasteiger partial charge is 0.756 e. The number of imidazole rings is 1. The van der Waals surface area contributed by atoms with Crippen LogP contribution in [-0.4, -0.2) is 140 Å². The number of aliphatic hydroxyl groups excluding tert-OH is 2. The number of nitrogen functional groups attached to an aromatic ring is 1. The maximum Gasteiger partial charge on any atom is 0.487 e. The lowest BCUT2D eigenvalue weighted by molar-refractivity contribution is -0.212. The lowest BCUT2D eigenvalue weighted by Gasteiger charge is -2.36. The highest BCUT2D eigenvalue weighted by atomic mass is 31.3. The molecule has 3 aliphatic rings. The highest BCUT2D eigenvalue weighted by Crippen LogP contribution is 2.65. The summed E-state index contributed by atoms with van der Waals surface area (Å²) in [7, 11) is -11.5. The second kappa shape index (κ2) is 24.3. The number of phosphoric ester groups is 1. The minimum Gasteiger partial charge on any atom is -0.756 e. The molecule has 9 N–H and O–H groups in total. The van der Waals surface area contributed by atoms with Crippen LogP contribution in [0.15, 0.2) is 60.9 Å². The van der Waals surface area contributed by atoms with E-state index in [9.17, 15) is 48.2 Å². The molecule has 28 heteroatoms. The predicted molar refractivity (Wildman–Crippen MR) is 291 cm³/mol. The van der Waals surface area contributed by atoms with Crippen molar-refractivity contribution in [1.29, 1.82) is 0 Å². The van der Waals surface area contributed by atoms with Crippen LogP contribution in [0.25, 0.3) is 16.7 Å². The first-order valence-corrected chi connectivity index (χ1v) is 30.5. The molecule has 0 saturated carbocycles. The Hall–Kier alpha value is -5.49. The molecule has 3 unspecified atom stereocenters. The molecule has 4 heterocycles. The number of unbranched alkanes of at least 4 members (excludes halogenated alkanes) is 3. The smallest absolute Gasteiger partial charge is 0.487 e. The van der Waals surface area contributed by atoms with E-state index in [1.807, 2.05) is 32.3 Å². The zero-order chi connectivity index (χ0) is 57.2. The number of hydrogen-bond acceptors (Lipinski definition) is 18. The van der Waals surface area contributed by atoms with Crippen molar-refractivity contribution in [3.05, 3.63) is 105 Å². The Morgan fingerprint density at radius 1 is 0.924 bits per heavy atom. The highest BCUT2D eigenvalue weighted by molar-refractivity contribution is 7.66. The molecule has 3 aromatic carbocycles. The minimum atomic E-state index is -5.88. The van der Waals surface area contributed by atoms with Crippen molar-refractivity contribution < 1.29 is 71.0 Å². The number of aromatic nitrogens is 4. The van der Waals surface area contributed by atoms with Gasteiger partial charge in [0.15, 0.2) is 23.2 Å². The van der Waals surface area contributed by atoms with Crippen molar-refractivity contribution in [2.24, 2.45) is 0 Å². The summed E-state index contributed by atoms with van der Waals surface area (Å²) >= 11 is 0. The Morgan fingerprint density at radius 2 is 1.66 bits per heavy atom. The zero-order valence-electron chi connectivity index (χ0n) is 44.9. The summed E-state index contributed by atoms with van der Waals surface area (Å²) in [6, 6.07) is 19.3. The normalized spacial score (nSPS) is 20.8. The topological polar surface area (TPSA) is 350 Å². The number of nitrogens with two attached hydrogens (primary N) is 1. The molecule has 2 aliphatic heterocycles. The number of aliphatic hydroxyl groups is 2. The molecular formula is C51H69N10O15P3. The first-order chi connectivity index (χ1) is 37.3. The molecule has 8 rings (SSSR count). The van der Waals surface area contributed by atoms with Crippen molar-refractivity contribution in [2.75, 3.05) is 76.4 Å². The Balaban J connectivity index is 0.829. The molecule has 79 heavy (non-hydrogen) atoms. The molecule has 1 aliphatic carbocycles. The van der Waals surface area contributed by atoms with Crippen LogP contribution >= 0.6 is 23.5 Å². The van der Waals surface area contributed by atoms with Gasteiger partial charge in [-0.1, -0.05) is 51.0 Å². The van der Waals surface area contributed by atoms with Gasteiger partial charge in [0, 0.05) is 81.9 Å². The highest BCUT2D eigenvalue weighted by Gasteiger charge is 2.47. The molecule has 5 aromatic rings. The van der Waals surface area contributed by atoms with E-state index in [0.717, 1.165) is 72.7 Å². The van der Waals surface area contributed by atoms with Crippen LogP contribution in [0.4, 0.5) is 17.5 Å². The van der Waals surface area contributed by atoms with Gasteiger partial charge in [-0.3, -0.25) is 23.2 Å². The minimum absolute atomic E-state index is 0.0141. The molecule has 0 bridgehead atoms. The predicted octanol–water partition coefficient (Wildman–Crippen LogP) is 2.79. The fourth-order valence-electron chi connectivity index (χ4n) is 10.5. The first kappa shape index (κ1) is 59.6. The Labute approximate surface area is 456 Å². The summed E-state index contributed by atoms with van der Waals surface area (Å²) < 4.78 is 56.3. The molecule has 2 aromatic heterocycles. The Bertz CT molecular complexity index is 3390. The third kappa shape index (κ3) is 13.5. The van der Waals surface area contributed by atoms with Gasteiger partial charge in [0.2, 0.25) is 17.2 Å². The summed E-state index contributed by atoms with van der Waals surface area (Å²) in [5.41, 5.74) is 14.5. The SMILES string of the molecule is CC[N+]1=c2cc3c(cc2CCC1)=C(c1ccccc1C(=O)N(C)CCCC(=O)NCCCCCCNc1nc2c(N)ncnc2n1[C@@H]1O[C@H](COP(=O)(O)OP(=O)(O)OP(=O)([O-])O)[C@@H](O)[C@H]1O)c1ccc(N(C)C)cc1C3(C)C. The molecule has 7 atom stereocenters. The molecule has 0 radical (unpaired) electrons. The number of nitrogens with zero attached hydrogens (tertiary/aromatic N) is 7. The van der Waals surface area contributed by atoms with Gasteiger partial charge in [-0.15, -0.1) is 0 Å². The average molecular weight is 1160 g/mol. The van der Waals surface area contributed by atoms with E-state index in [4.69, 9.17) is 15.4 Å². The Morgan fingerprint density at radius 3 is 2.38 bits per heavy atom. The van der Waals surface area contributed by atoms with Crippen LogP contribution in [0.3, 0.4) is 0 Å². The third-order valence-electron chi connectivity index (χ3n) is 14.5. The molecule has 428 valence electrons. The van der Waals surface area contributed by atoms with Crippen LogP contribution in [-0.2, 0) is 48.2 Å². The molecule has 2 amide bonds. The number of benzene rings is 3. The van der Waals surface area contributed by atoms with Gasteiger partial charge in [-0.25, -0.2) is 33.0 Å². The number of carbonyl (C=O) groups excluding carboxylic acids is 2. The van der Waals surface area contributed by atoms with E-state index in [1.165, 1.54) is 26.6 Å².